The highest BCUT2D eigenvalue weighted by molar-refractivity contribution is 6.09. The Labute approximate surface area is 303 Å². The number of nitrogens with zero attached hydrogens (tertiary/aromatic N) is 1. The topological polar surface area (TPSA) is 16.4 Å². The fourth-order valence-corrected chi connectivity index (χ4v) is 8.43. The summed E-state index contributed by atoms with van der Waals surface area (Å²) in [4.78, 5) is 2.35. The van der Waals surface area contributed by atoms with Crippen LogP contribution in [0.3, 0.4) is 0 Å². The average molecular weight is 666 g/mol. The largest absolute Gasteiger partial charge is 0.456 e. The molecular formula is C50H35NO. The monoisotopic (exact) mass is 665 g/mol. The van der Waals surface area contributed by atoms with E-state index in [4.69, 9.17) is 4.42 Å². The summed E-state index contributed by atoms with van der Waals surface area (Å²) in [6.45, 7) is 2.38. The molecule has 0 atom stereocenters. The smallest absolute Gasteiger partial charge is 0.135 e. The molecule has 8 aromatic carbocycles. The second-order valence-corrected chi connectivity index (χ2v) is 13.8. The molecule has 0 N–H and O–H groups in total. The highest BCUT2D eigenvalue weighted by Gasteiger charge is 2.42. The van der Waals surface area contributed by atoms with Gasteiger partial charge in [0.05, 0.1) is 0 Å². The van der Waals surface area contributed by atoms with Crippen LogP contribution in [-0.2, 0) is 5.41 Å². The number of rotatable bonds is 6. The zero-order valence-corrected chi connectivity index (χ0v) is 28.8. The molecule has 0 bridgehead atoms. The van der Waals surface area contributed by atoms with Crippen LogP contribution in [0.15, 0.2) is 199 Å². The Hall–Kier alpha value is -6.64. The summed E-state index contributed by atoms with van der Waals surface area (Å²) in [7, 11) is 0. The van der Waals surface area contributed by atoms with E-state index in [0.29, 0.717) is 0 Å². The summed E-state index contributed by atoms with van der Waals surface area (Å²) >= 11 is 0. The molecule has 1 aromatic heterocycles. The van der Waals surface area contributed by atoms with Crippen LogP contribution in [0.4, 0.5) is 17.1 Å². The molecule has 9 aromatic rings. The van der Waals surface area contributed by atoms with Crippen molar-refractivity contribution in [3.05, 3.63) is 211 Å². The normalized spacial score (nSPS) is 12.9. The zero-order valence-electron chi connectivity index (χ0n) is 28.8. The number of fused-ring (bicyclic) bond motifs is 6. The van der Waals surface area contributed by atoms with Crippen LogP contribution < -0.4 is 4.90 Å². The van der Waals surface area contributed by atoms with Crippen LogP contribution in [0, 0.1) is 0 Å². The molecule has 246 valence electrons. The van der Waals surface area contributed by atoms with Gasteiger partial charge in [-0.3, -0.25) is 0 Å². The molecule has 0 radical (unpaired) electrons. The van der Waals surface area contributed by atoms with E-state index in [1.54, 1.807) is 0 Å². The maximum absolute atomic E-state index is 6.63. The standard InChI is InChI=1S/C50H35NO/c1-50(44-19-10-8-17-41(44)42-18-9-11-20-45(42)50)46-21-12-22-48-49(46)43-33-40(31-32-47(43)52-48)51(38-27-23-36(24-28-38)34-13-4-2-5-14-34)39-29-25-37(26-30-39)35-15-6-3-7-16-35/h2-33H,1H3. The van der Waals surface area contributed by atoms with Crippen molar-refractivity contribution in [2.45, 2.75) is 12.3 Å². The fourth-order valence-electron chi connectivity index (χ4n) is 8.43. The van der Waals surface area contributed by atoms with Crippen molar-refractivity contribution in [1.82, 2.24) is 0 Å². The van der Waals surface area contributed by atoms with Crippen LogP contribution in [0.2, 0.25) is 0 Å². The number of anilines is 3. The lowest BCUT2D eigenvalue weighted by molar-refractivity contribution is 0.666. The lowest BCUT2D eigenvalue weighted by Crippen LogP contribution is -2.22. The van der Waals surface area contributed by atoms with Crippen LogP contribution in [-0.4, -0.2) is 0 Å². The molecule has 0 unspecified atom stereocenters. The number of furan rings is 1. The quantitative estimate of drug-likeness (QED) is 0.176. The molecule has 52 heavy (non-hydrogen) atoms. The molecule has 2 heteroatoms. The van der Waals surface area contributed by atoms with E-state index >= 15 is 0 Å². The molecule has 0 amide bonds. The third-order valence-corrected chi connectivity index (χ3v) is 11.0. The molecule has 1 aliphatic carbocycles. The van der Waals surface area contributed by atoms with Gasteiger partial charge in [0, 0.05) is 33.2 Å². The molecule has 0 saturated heterocycles. The van der Waals surface area contributed by atoms with E-state index in [1.807, 2.05) is 0 Å². The van der Waals surface area contributed by atoms with Gasteiger partial charge in [0.2, 0.25) is 0 Å². The van der Waals surface area contributed by atoms with Crippen molar-refractivity contribution < 1.29 is 4.42 Å². The predicted molar refractivity (Wildman–Crippen MR) is 217 cm³/mol. The van der Waals surface area contributed by atoms with Gasteiger partial charge in [-0.05, 0) is 106 Å². The van der Waals surface area contributed by atoms with Gasteiger partial charge in [0.25, 0.3) is 0 Å². The SMILES string of the molecule is CC1(c2cccc3oc4ccc(N(c5ccc(-c6ccccc6)cc5)c5ccc(-c6ccccc6)cc5)cc4c23)c2ccccc2-c2ccccc21. The minimum atomic E-state index is -0.347. The van der Waals surface area contributed by atoms with Crippen molar-refractivity contribution in [2.24, 2.45) is 0 Å². The fraction of sp³-hybridized carbons (Fsp3) is 0.0400. The lowest BCUT2D eigenvalue weighted by Gasteiger charge is -2.29. The third kappa shape index (κ3) is 4.72. The number of hydrogen-bond acceptors (Lipinski definition) is 2. The third-order valence-electron chi connectivity index (χ3n) is 11.0. The molecule has 0 spiro atoms. The highest BCUT2D eigenvalue weighted by atomic mass is 16.3. The summed E-state index contributed by atoms with van der Waals surface area (Å²) in [5, 5.41) is 2.27. The summed E-state index contributed by atoms with van der Waals surface area (Å²) in [5.74, 6) is 0. The number of benzene rings is 8. The highest BCUT2D eigenvalue weighted by Crippen LogP contribution is 2.54. The van der Waals surface area contributed by atoms with Gasteiger partial charge < -0.3 is 9.32 Å². The van der Waals surface area contributed by atoms with Crippen molar-refractivity contribution >= 4 is 39.0 Å². The van der Waals surface area contributed by atoms with Crippen LogP contribution in [0.25, 0.3) is 55.3 Å². The Morgan fingerprint density at radius 2 is 0.846 bits per heavy atom. The van der Waals surface area contributed by atoms with E-state index in [9.17, 15) is 0 Å². The summed E-state index contributed by atoms with van der Waals surface area (Å²) in [6.07, 6.45) is 0. The second kappa shape index (κ2) is 12.0. The minimum absolute atomic E-state index is 0.347. The van der Waals surface area contributed by atoms with Gasteiger partial charge in [0.1, 0.15) is 11.2 Å². The maximum atomic E-state index is 6.63. The molecule has 0 saturated carbocycles. The van der Waals surface area contributed by atoms with Crippen molar-refractivity contribution in [2.75, 3.05) is 4.90 Å². The van der Waals surface area contributed by atoms with Gasteiger partial charge in [0.15, 0.2) is 0 Å². The summed E-state index contributed by atoms with van der Waals surface area (Å²) in [6, 6.07) is 69.8. The Morgan fingerprint density at radius 3 is 1.40 bits per heavy atom. The van der Waals surface area contributed by atoms with Gasteiger partial charge in [-0.2, -0.15) is 0 Å². The van der Waals surface area contributed by atoms with Gasteiger partial charge in [-0.25, -0.2) is 0 Å². The Morgan fingerprint density at radius 1 is 0.385 bits per heavy atom. The minimum Gasteiger partial charge on any atom is -0.456 e. The van der Waals surface area contributed by atoms with Crippen LogP contribution in [0.1, 0.15) is 23.6 Å². The first kappa shape index (κ1) is 30.2. The van der Waals surface area contributed by atoms with E-state index in [0.717, 1.165) is 39.0 Å². The second-order valence-electron chi connectivity index (χ2n) is 13.8. The van der Waals surface area contributed by atoms with Crippen LogP contribution >= 0.6 is 0 Å². The maximum Gasteiger partial charge on any atom is 0.135 e. The predicted octanol–water partition coefficient (Wildman–Crippen LogP) is 13.7. The Balaban J connectivity index is 1.16. The molecule has 10 rings (SSSR count). The molecule has 0 fully saturated rings. The molecule has 0 aliphatic heterocycles. The first-order valence-corrected chi connectivity index (χ1v) is 17.9. The first-order valence-electron chi connectivity index (χ1n) is 17.9. The summed E-state index contributed by atoms with van der Waals surface area (Å²) in [5.41, 5.74) is 16.0. The van der Waals surface area contributed by atoms with Gasteiger partial charge in [-0.15, -0.1) is 0 Å². The van der Waals surface area contributed by atoms with E-state index < -0.39 is 0 Å². The number of hydrogen-bond donors (Lipinski definition) is 0. The van der Waals surface area contributed by atoms with E-state index in [-0.39, 0.29) is 5.41 Å². The summed E-state index contributed by atoms with van der Waals surface area (Å²) < 4.78 is 6.63. The molecule has 1 aliphatic rings. The van der Waals surface area contributed by atoms with Crippen molar-refractivity contribution in [3.8, 4) is 33.4 Å². The Kier molecular flexibility index (Phi) is 6.97. The van der Waals surface area contributed by atoms with E-state index in [1.165, 1.54) is 50.1 Å². The van der Waals surface area contributed by atoms with Crippen LogP contribution in [0.5, 0.6) is 0 Å². The van der Waals surface area contributed by atoms with Gasteiger partial charge in [-0.1, -0.05) is 146 Å². The molecule has 1 heterocycles. The van der Waals surface area contributed by atoms with E-state index in [2.05, 4.69) is 206 Å². The Bertz CT molecular complexity index is 2600. The molecular weight excluding hydrogens is 631 g/mol. The van der Waals surface area contributed by atoms with Crippen molar-refractivity contribution in [3.63, 3.8) is 0 Å². The zero-order chi connectivity index (χ0) is 34.6. The van der Waals surface area contributed by atoms with Gasteiger partial charge >= 0.3 is 0 Å². The molecule has 2 nitrogen and oxygen atoms in total. The van der Waals surface area contributed by atoms with Crippen molar-refractivity contribution in [1.29, 1.82) is 0 Å². The lowest BCUT2D eigenvalue weighted by atomic mass is 9.73. The first-order chi connectivity index (χ1) is 25.7. The average Bonchev–Trinajstić information content (AvgIpc) is 3.72.